The molecule has 1 atom stereocenters. The van der Waals surface area contributed by atoms with E-state index in [1.165, 1.54) is 6.07 Å². The summed E-state index contributed by atoms with van der Waals surface area (Å²) in [6.07, 6.45) is 0. The lowest BCUT2D eigenvalue weighted by atomic mass is 10.1. The number of nitrogens with two attached hydrogens (primary N) is 1. The van der Waals surface area contributed by atoms with E-state index in [1.807, 2.05) is 37.3 Å². The van der Waals surface area contributed by atoms with Gasteiger partial charge < -0.3 is 5.73 Å². The summed E-state index contributed by atoms with van der Waals surface area (Å²) < 4.78 is 13.6. The Morgan fingerprint density at radius 2 is 1.84 bits per heavy atom. The van der Waals surface area contributed by atoms with E-state index in [9.17, 15) is 4.39 Å². The number of hydrogen-bond acceptors (Lipinski definition) is 2. The summed E-state index contributed by atoms with van der Waals surface area (Å²) in [5.74, 6) is -0.215. The van der Waals surface area contributed by atoms with Crippen molar-refractivity contribution in [3.63, 3.8) is 0 Å². The van der Waals surface area contributed by atoms with Gasteiger partial charge in [0.25, 0.3) is 0 Å². The van der Waals surface area contributed by atoms with E-state index >= 15 is 0 Å². The van der Waals surface area contributed by atoms with Gasteiger partial charge in [-0.2, -0.15) is 0 Å². The smallest absolute Gasteiger partial charge is 0.126 e. The van der Waals surface area contributed by atoms with E-state index in [0.29, 0.717) is 10.6 Å². The van der Waals surface area contributed by atoms with Crippen LogP contribution in [0.3, 0.4) is 0 Å². The van der Waals surface area contributed by atoms with E-state index in [1.54, 1.807) is 18.7 Å². The van der Waals surface area contributed by atoms with Gasteiger partial charge >= 0.3 is 0 Å². The summed E-state index contributed by atoms with van der Waals surface area (Å²) in [7, 11) is 0. The molecule has 0 spiro atoms. The largest absolute Gasteiger partial charge is 0.324 e. The second-order valence-corrected chi connectivity index (χ2v) is 6.04. The fourth-order valence-corrected chi connectivity index (χ4v) is 2.99. The van der Waals surface area contributed by atoms with E-state index < -0.39 is 0 Å². The van der Waals surface area contributed by atoms with Crippen LogP contribution in [0.1, 0.15) is 24.1 Å². The monoisotopic (exact) mass is 295 g/mol. The molecule has 100 valence electrons. The first-order chi connectivity index (χ1) is 8.97. The van der Waals surface area contributed by atoms with Crippen molar-refractivity contribution < 1.29 is 4.39 Å². The Kier molecular flexibility index (Phi) is 4.50. The molecular weight excluding hydrogens is 281 g/mol. The lowest BCUT2D eigenvalue weighted by Crippen LogP contribution is -2.07. The molecule has 0 saturated carbocycles. The van der Waals surface area contributed by atoms with Crippen molar-refractivity contribution in [2.75, 3.05) is 0 Å². The van der Waals surface area contributed by atoms with Crippen molar-refractivity contribution in [3.8, 4) is 0 Å². The summed E-state index contributed by atoms with van der Waals surface area (Å²) in [6.45, 7) is 3.61. The number of aryl methyl sites for hydroxylation is 1. The predicted molar refractivity (Wildman–Crippen MR) is 79.3 cm³/mol. The molecule has 0 heterocycles. The molecule has 19 heavy (non-hydrogen) atoms. The van der Waals surface area contributed by atoms with Gasteiger partial charge in [-0.25, -0.2) is 4.39 Å². The molecule has 4 heteroatoms. The van der Waals surface area contributed by atoms with Crippen molar-refractivity contribution in [1.29, 1.82) is 0 Å². The molecule has 0 radical (unpaired) electrons. The Labute approximate surface area is 122 Å². The minimum atomic E-state index is -0.215. The highest BCUT2D eigenvalue weighted by molar-refractivity contribution is 7.99. The zero-order valence-corrected chi connectivity index (χ0v) is 12.4. The van der Waals surface area contributed by atoms with Gasteiger partial charge in [0.05, 0.1) is 0 Å². The summed E-state index contributed by atoms with van der Waals surface area (Å²) in [4.78, 5) is 2.04. The first-order valence-electron chi connectivity index (χ1n) is 5.96. The van der Waals surface area contributed by atoms with Crippen LogP contribution < -0.4 is 5.73 Å². The van der Waals surface area contributed by atoms with Gasteiger partial charge in [-0.1, -0.05) is 23.4 Å². The topological polar surface area (TPSA) is 26.0 Å². The number of hydrogen-bond donors (Lipinski definition) is 1. The van der Waals surface area contributed by atoms with E-state index in [2.05, 4.69) is 0 Å². The van der Waals surface area contributed by atoms with Gasteiger partial charge in [0, 0.05) is 20.9 Å². The molecule has 0 amide bonds. The summed E-state index contributed by atoms with van der Waals surface area (Å²) >= 11 is 7.43. The molecule has 0 aliphatic rings. The first kappa shape index (κ1) is 14.4. The fourth-order valence-electron chi connectivity index (χ4n) is 1.74. The molecule has 2 rings (SSSR count). The maximum Gasteiger partial charge on any atom is 0.126 e. The van der Waals surface area contributed by atoms with Crippen molar-refractivity contribution in [3.05, 3.63) is 58.4 Å². The van der Waals surface area contributed by atoms with Gasteiger partial charge in [0.15, 0.2) is 0 Å². The number of halogens is 2. The van der Waals surface area contributed by atoms with Crippen LogP contribution in [-0.4, -0.2) is 0 Å². The predicted octanol–water partition coefficient (Wildman–Crippen LogP) is 4.96. The number of benzene rings is 2. The van der Waals surface area contributed by atoms with E-state index in [4.69, 9.17) is 17.3 Å². The van der Waals surface area contributed by atoms with Gasteiger partial charge in [-0.05, 0) is 61.4 Å². The standard InChI is InChI=1S/C15H15ClFNS/c1-9-7-15(13(10(2)18)8-14(9)17)19-12-5-3-11(16)4-6-12/h3-8,10H,18H2,1-2H3/t10-/m0/s1. The molecule has 2 aromatic rings. The Bertz CT molecular complexity index is 581. The normalized spacial score (nSPS) is 12.5. The lowest BCUT2D eigenvalue weighted by Gasteiger charge is -2.14. The van der Waals surface area contributed by atoms with Crippen molar-refractivity contribution in [1.82, 2.24) is 0 Å². The molecule has 0 unspecified atom stereocenters. The van der Waals surface area contributed by atoms with Crippen LogP contribution in [0.2, 0.25) is 5.02 Å². The molecule has 0 aliphatic heterocycles. The summed E-state index contributed by atoms with van der Waals surface area (Å²) in [5, 5.41) is 0.701. The molecule has 1 nitrogen and oxygen atoms in total. The Morgan fingerprint density at radius 1 is 1.21 bits per heavy atom. The van der Waals surface area contributed by atoms with Crippen LogP contribution in [0.4, 0.5) is 4.39 Å². The average Bonchev–Trinajstić information content (AvgIpc) is 2.36. The molecule has 0 saturated heterocycles. The second kappa shape index (κ2) is 5.95. The van der Waals surface area contributed by atoms with E-state index in [0.717, 1.165) is 15.4 Å². The minimum Gasteiger partial charge on any atom is -0.324 e. The SMILES string of the molecule is Cc1cc(Sc2ccc(Cl)cc2)c([C@H](C)N)cc1F. The van der Waals surface area contributed by atoms with Crippen LogP contribution in [0, 0.1) is 12.7 Å². The molecule has 0 aliphatic carbocycles. The third-order valence-corrected chi connectivity index (χ3v) is 4.16. The second-order valence-electron chi connectivity index (χ2n) is 4.48. The van der Waals surface area contributed by atoms with Crippen molar-refractivity contribution >= 4 is 23.4 Å². The van der Waals surface area contributed by atoms with Gasteiger partial charge in [-0.15, -0.1) is 0 Å². The fraction of sp³-hybridized carbons (Fsp3) is 0.200. The van der Waals surface area contributed by atoms with Crippen LogP contribution in [0.5, 0.6) is 0 Å². The molecular formula is C15H15ClFNS. The van der Waals surface area contributed by atoms with Gasteiger partial charge in [0.2, 0.25) is 0 Å². The molecule has 0 aromatic heterocycles. The highest BCUT2D eigenvalue weighted by Crippen LogP contribution is 2.34. The molecule has 2 aromatic carbocycles. The summed E-state index contributed by atoms with van der Waals surface area (Å²) in [5.41, 5.74) is 7.36. The molecule has 0 bridgehead atoms. The van der Waals surface area contributed by atoms with Crippen LogP contribution >= 0.6 is 23.4 Å². The van der Waals surface area contributed by atoms with Crippen LogP contribution in [0.15, 0.2) is 46.2 Å². The van der Waals surface area contributed by atoms with Gasteiger partial charge in [0.1, 0.15) is 5.82 Å². The average molecular weight is 296 g/mol. The highest BCUT2D eigenvalue weighted by atomic mass is 35.5. The van der Waals surface area contributed by atoms with Crippen molar-refractivity contribution in [2.24, 2.45) is 5.73 Å². The van der Waals surface area contributed by atoms with Crippen LogP contribution in [0.25, 0.3) is 0 Å². The number of rotatable bonds is 3. The molecule has 2 N–H and O–H groups in total. The third-order valence-electron chi connectivity index (χ3n) is 2.82. The van der Waals surface area contributed by atoms with E-state index in [-0.39, 0.29) is 11.9 Å². The summed E-state index contributed by atoms with van der Waals surface area (Å²) in [6, 6.07) is 10.7. The first-order valence-corrected chi connectivity index (χ1v) is 7.16. The maximum atomic E-state index is 13.6. The Morgan fingerprint density at radius 3 is 2.42 bits per heavy atom. The zero-order valence-electron chi connectivity index (χ0n) is 10.8. The van der Waals surface area contributed by atoms with Crippen LogP contribution in [-0.2, 0) is 0 Å². The Balaban J connectivity index is 2.38. The minimum absolute atomic E-state index is 0.204. The molecule has 0 fully saturated rings. The Hall–Kier alpha value is -1.03. The van der Waals surface area contributed by atoms with Gasteiger partial charge in [-0.3, -0.25) is 0 Å². The van der Waals surface area contributed by atoms with Crippen molar-refractivity contribution in [2.45, 2.75) is 29.7 Å². The highest BCUT2D eigenvalue weighted by Gasteiger charge is 2.12. The zero-order chi connectivity index (χ0) is 14.0. The third kappa shape index (κ3) is 3.50. The lowest BCUT2D eigenvalue weighted by molar-refractivity contribution is 0.610. The quantitative estimate of drug-likeness (QED) is 0.866. The maximum absolute atomic E-state index is 13.6.